The van der Waals surface area contributed by atoms with Crippen LogP contribution in [0.3, 0.4) is 0 Å². The van der Waals surface area contributed by atoms with Gasteiger partial charge in [-0.05, 0) is 30.9 Å². The lowest BCUT2D eigenvalue weighted by molar-refractivity contribution is -0.192. The van der Waals surface area contributed by atoms with Gasteiger partial charge in [0.15, 0.2) is 5.75 Å². The highest BCUT2D eigenvalue weighted by molar-refractivity contribution is 7.22. The molecule has 230 valence electrons. The third-order valence-electron chi connectivity index (χ3n) is 7.32. The van der Waals surface area contributed by atoms with Crippen molar-refractivity contribution in [1.29, 1.82) is 0 Å². The monoisotopic (exact) mass is 617 g/mol. The maximum atomic E-state index is 13.6. The average molecular weight is 618 g/mol. The van der Waals surface area contributed by atoms with E-state index in [-0.39, 0.29) is 17.5 Å². The number of unbranched alkanes of at least 4 members (excludes halogenated alkanes) is 1. The van der Waals surface area contributed by atoms with Crippen LogP contribution in [-0.4, -0.2) is 58.9 Å². The number of aliphatic carboxylic acids is 1. The van der Waals surface area contributed by atoms with Gasteiger partial charge in [0.2, 0.25) is 0 Å². The summed E-state index contributed by atoms with van der Waals surface area (Å²) in [6.45, 7) is 5.58. The highest BCUT2D eigenvalue weighted by Gasteiger charge is 2.38. The molecule has 5 rings (SSSR count). The molecule has 0 aliphatic carbocycles. The van der Waals surface area contributed by atoms with E-state index in [4.69, 9.17) is 14.6 Å². The van der Waals surface area contributed by atoms with Crippen molar-refractivity contribution in [2.45, 2.75) is 57.9 Å². The Bertz CT molecular complexity index is 1630. The highest BCUT2D eigenvalue weighted by atomic mass is 32.1. The second-order valence-electron chi connectivity index (χ2n) is 10.3. The number of carboxylic acid groups (broad SMARTS) is 1. The van der Waals surface area contributed by atoms with Gasteiger partial charge >= 0.3 is 12.1 Å². The first kappa shape index (κ1) is 32.0. The quantitative estimate of drug-likeness (QED) is 0.250. The molecule has 2 aromatic carbocycles. The van der Waals surface area contributed by atoms with E-state index in [2.05, 4.69) is 41.4 Å². The Labute approximate surface area is 250 Å². The maximum absolute atomic E-state index is 13.6. The number of rotatable bonds is 8. The molecule has 0 radical (unpaired) electrons. The van der Waals surface area contributed by atoms with Gasteiger partial charge in [0.25, 0.3) is 11.5 Å². The number of aromatic nitrogens is 1. The normalized spacial score (nSPS) is 14.3. The molecule has 1 saturated heterocycles. The van der Waals surface area contributed by atoms with Crippen LogP contribution >= 0.6 is 11.3 Å². The predicted octanol–water partition coefficient (Wildman–Crippen LogP) is 6.05. The van der Waals surface area contributed by atoms with Gasteiger partial charge in [-0.15, -0.1) is 11.3 Å². The number of piperidine rings is 1. The topological polar surface area (TPSA) is 101 Å². The van der Waals surface area contributed by atoms with Crippen molar-refractivity contribution in [3.05, 3.63) is 75.4 Å². The molecule has 8 nitrogen and oxygen atoms in total. The van der Waals surface area contributed by atoms with Crippen LogP contribution in [-0.2, 0) is 17.9 Å². The number of nitrogens with one attached hydrogen (secondary N) is 1. The minimum atomic E-state index is -5.08. The van der Waals surface area contributed by atoms with Crippen molar-refractivity contribution >= 4 is 44.2 Å². The van der Waals surface area contributed by atoms with Crippen LogP contribution in [0.15, 0.2) is 59.4 Å². The fourth-order valence-corrected chi connectivity index (χ4v) is 6.35. The Morgan fingerprint density at radius 2 is 1.70 bits per heavy atom. The zero-order chi connectivity index (χ0) is 31.1. The predicted molar refractivity (Wildman–Crippen MR) is 161 cm³/mol. The summed E-state index contributed by atoms with van der Waals surface area (Å²) < 4.78 is 40.1. The van der Waals surface area contributed by atoms with E-state index in [1.54, 1.807) is 7.11 Å². The molecule has 0 bridgehead atoms. The van der Waals surface area contributed by atoms with Crippen LogP contribution in [0.2, 0.25) is 0 Å². The number of pyridine rings is 1. The molecule has 0 unspecified atom stereocenters. The summed E-state index contributed by atoms with van der Waals surface area (Å²) >= 11 is 1.36. The lowest BCUT2D eigenvalue weighted by atomic mass is 10.0. The zero-order valence-corrected chi connectivity index (χ0v) is 24.8. The lowest BCUT2D eigenvalue weighted by Crippen LogP contribution is -2.44. The van der Waals surface area contributed by atoms with Crippen molar-refractivity contribution in [1.82, 2.24) is 14.8 Å². The number of aryl methyl sites for hydroxylation is 1. The minimum absolute atomic E-state index is 0.0847. The number of likely N-dealkylation sites (tertiary alicyclic amines) is 1. The summed E-state index contributed by atoms with van der Waals surface area (Å²) in [5.74, 6) is -2.51. The number of carboxylic acids is 1. The van der Waals surface area contributed by atoms with E-state index in [1.807, 2.05) is 34.9 Å². The number of hydrogen-bond acceptors (Lipinski definition) is 6. The number of fused-ring (bicyclic) bond motifs is 3. The molecular formula is C31H34F3N3O5S. The van der Waals surface area contributed by atoms with Crippen molar-refractivity contribution in [2.75, 3.05) is 20.2 Å². The van der Waals surface area contributed by atoms with Crippen molar-refractivity contribution in [3.8, 4) is 5.75 Å². The van der Waals surface area contributed by atoms with E-state index >= 15 is 0 Å². The first-order valence-corrected chi connectivity index (χ1v) is 14.9. The molecule has 2 aromatic heterocycles. The molecule has 2 N–H and O–H groups in total. The van der Waals surface area contributed by atoms with Crippen molar-refractivity contribution in [2.24, 2.45) is 0 Å². The van der Waals surface area contributed by atoms with Crippen LogP contribution in [0.25, 0.3) is 21.0 Å². The van der Waals surface area contributed by atoms with Gasteiger partial charge in [-0.1, -0.05) is 61.9 Å². The molecule has 1 aliphatic heterocycles. The van der Waals surface area contributed by atoms with Gasteiger partial charge in [-0.3, -0.25) is 14.5 Å². The molecule has 12 heteroatoms. The fourth-order valence-electron chi connectivity index (χ4n) is 5.16. The summed E-state index contributed by atoms with van der Waals surface area (Å²) in [5, 5.41) is 11.9. The Balaban J connectivity index is 0.000000541. The lowest BCUT2D eigenvalue weighted by Gasteiger charge is -2.32. The first-order chi connectivity index (χ1) is 20.5. The van der Waals surface area contributed by atoms with Gasteiger partial charge < -0.3 is 19.7 Å². The number of ether oxygens (including phenoxy) is 1. The van der Waals surface area contributed by atoms with Gasteiger partial charge in [0, 0.05) is 37.6 Å². The molecule has 3 heterocycles. The summed E-state index contributed by atoms with van der Waals surface area (Å²) in [6, 6.07) is 18.5. The standard InChI is InChI=1S/C29H33N3O3S.C2HF3O2/c1-3-4-16-32-23-13-9-8-12-22(23)26-24(29(32)34)25(35-2)27(36-26)28(33)30-21-14-17-31(18-15-21)19-20-10-6-5-7-11-20;3-2(4,5)1(6)7/h5-13,21H,3-4,14-19H2,1-2H3,(H,30,33);(H,6,7). The summed E-state index contributed by atoms with van der Waals surface area (Å²) in [6.07, 6.45) is -1.37. The third kappa shape index (κ3) is 7.55. The zero-order valence-electron chi connectivity index (χ0n) is 23.9. The number of carbonyl (C=O) groups excluding carboxylic acids is 1. The van der Waals surface area contributed by atoms with Crippen molar-refractivity contribution in [3.63, 3.8) is 0 Å². The minimum Gasteiger partial charge on any atom is -0.494 e. The first-order valence-electron chi connectivity index (χ1n) is 14.0. The third-order valence-corrected chi connectivity index (χ3v) is 8.53. The summed E-state index contributed by atoms with van der Waals surface area (Å²) in [5.41, 5.74) is 2.13. The summed E-state index contributed by atoms with van der Waals surface area (Å²) in [7, 11) is 1.55. The molecule has 1 fully saturated rings. The van der Waals surface area contributed by atoms with Crippen molar-refractivity contribution < 1.29 is 32.6 Å². The number of thiophene rings is 1. The number of amides is 1. The van der Waals surface area contributed by atoms with Crippen LogP contribution in [0.5, 0.6) is 5.75 Å². The molecule has 1 aliphatic rings. The number of alkyl halides is 3. The van der Waals surface area contributed by atoms with Crippen LogP contribution in [0.4, 0.5) is 13.2 Å². The smallest absolute Gasteiger partial charge is 0.490 e. The average Bonchev–Trinajstić information content (AvgIpc) is 3.39. The van der Waals surface area contributed by atoms with E-state index in [0.29, 0.717) is 22.6 Å². The SMILES string of the molecule is CCCCn1c(=O)c2c(OC)c(C(=O)NC3CCN(Cc4ccccc4)CC3)sc2c2ccccc21.O=C(O)C(F)(F)F. The largest absolute Gasteiger partial charge is 0.494 e. The van der Waals surface area contributed by atoms with Crippen LogP contribution in [0, 0.1) is 0 Å². The van der Waals surface area contributed by atoms with Crippen LogP contribution < -0.4 is 15.6 Å². The Kier molecular flexibility index (Phi) is 10.5. The maximum Gasteiger partial charge on any atom is 0.490 e. The molecule has 0 spiro atoms. The van der Waals surface area contributed by atoms with E-state index in [9.17, 15) is 22.8 Å². The molecule has 0 saturated carbocycles. The summed E-state index contributed by atoms with van der Waals surface area (Å²) in [4.78, 5) is 38.8. The molecule has 43 heavy (non-hydrogen) atoms. The molecular weight excluding hydrogens is 583 g/mol. The number of hydrogen-bond donors (Lipinski definition) is 2. The second kappa shape index (κ2) is 14.0. The number of halogens is 3. The van der Waals surface area contributed by atoms with E-state index < -0.39 is 12.1 Å². The Hall–Kier alpha value is -3.90. The van der Waals surface area contributed by atoms with Crippen LogP contribution in [0.1, 0.15) is 47.8 Å². The number of methoxy groups -OCH3 is 1. The number of benzene rings is 2. The van der Waals surface area contributed by atoms with E-state index in [0.717, 1.165) is 60.9 Å². The number of nitrogens with zero attached hydrogens (tertiary/aromatic N) is 2. The number of carbonyl (C=O) groups is 2. The van der Waals surface area contributed by atoms with E-state index in [1.165, 1.54) is 16.9 Å². The molecule has 4 aromatic rings. The van der Waals surface area contributed by atoms with Gasteiger partial charge in [0.1, 0.15) is 10.3 Å². The molecule has 1 amide bonds. The van der Waals surface area contributed by atoms with Gasteiger partial charge in [0.05, 0.1) is 17.3 Å². The number of para-hydroxylation sites is 1. The Morgan fingerprint density at radius 1 is 1.07 bits per heavy atom. The fraction of sp³-hybridized carbons (Fsp3) is 0.387. The van der Waals surface area contributed by atoms with Gasteiger partial charge in [-0.2, -0.15) is 13.2 Å². The Morgan fingerprint density at radius 3 is 2.30 bits per heavy atom. The van der Waals surface area contributed by atoms with Gasteiger partial charge in [-0.25, -0.2) is 4.79 Å². The second-order valence-corrected chi connectivity index (χ2v) is 11.3. The highest BCUT2D eigenvalue weighted by Crippen LogP contribution is 2.39. The molecule has 0 atom stereocenters.